The Morgan fingerprint density at radius 3 is 2.00 bits per heavy atom. The summed E-state index contributed by atoms with van der Waals surface area (Å²) in [5, 5.41) is 3.43. The highest BCUT2D eigenvalue weighted by molar-refractivity contribution is 9.10. The fourth-order valence-electron chi connectivity index (χ4n) is 3.25. The first-order valence-corrected chi connectivity index (χ1v) is 12.0. The molecule has 2 amide bonds. The van der Waals surface area contributed by atoms with Crippen molar-refractivity contribution in [3.63, 3.8) is 0 Å². The number of allylic oxidation sites excluding steroid dienone is 1. The molecular weight excluding hydrogens is 658 g/mol. The quantitative estimate of drug-likeness (QED) is 0.177. The van der Waals surface area contributed by atoms with E-state index in [-0.39, 0.29) is 25.6 Å². The number of carbonyl (C=O) groups excluding carboxylic acids is 2. The van der Waals surface area contributed by atoms with Gasteiger partial charge in [0.05, 0.1) is 37.7 Å². The van der Waals surface area contributed by atoms with E-state index in [0.29, 0.717) is 18.2 Å². The molecule has 0 fully saturated rings. The van der Waals surface area contributed by atoms with Crippen LogP contribution in [0.25, 0.3) is 6.08 Å². The topological polar surface area (TPSA) is 58.2 Å². The van der Waals surface area contributed by atoms with E-state index >= 15 is 0 Å². The van der Waals surface area contributed by atoms with Gasteiger partial charge in [-0.2, -0.15) is 39.5 Å². The van der Waals surface area contributed by atoms with Crippen LogP contribution in [0.3, 0.4) is 0 Å². The number of alkyl halides is 9. The zero-order chi connectivity index (χ0) is 29.9. The van der Waals surface area contributed by atoms with Crippen LogP contribution in [0.5, 0.6) is 0 Å². The van der Waals surface area contributed by atoms with Crippen molar-refractivity contribution in [2.24, 2.45) is 0 Å². The van der Waals surface area contributed by atoms with Crippen LogP contribution >= 0.6 is 39.1 Å². The number of benzene rings is 2. The van der Waals surface area contributed by atoms with Crippen LogP contribution in [0.4, 0.5) is 39.5 Å². The molecule has 2 rings (SSSR count). The summed E-state index contributed by atoms with van der Waals surface area (Å²) in [7, 11) is 0. The summed E-state index contributed by atoms with van der Waals surface area (Å²) in [4.78, 5) is 23.7. The Bertz CT molecular complexity index is 1240. The Morgan fingerprint density at radius 2 is 1.51 bits per heavy atom. The van der Waals surface area contributed by atoms with Gasteiger partial charge < -0.3 is 10.6 Å². The van der Waals surface area contributed by atoms with Crippen molar-refractivity contribution < 1.29 is 49.1 Å². The normalized spacial score (nSPS) is 14.3. The van der Waals surface area contributed by atoms with Crippen LogP contribution in [0, 0.1) is 0 Å². The third-order valence-electron chi connectivity index (χ3n) is 4.88. The lowest BCUT2D eigenvalue weighted by Crippen LogP contribution is -2.47. The Labute approximate surface area is 233 Å². The van der Waals surface area contributed by atoms with Crippen molar-refractivity contribution in [2.45, 2.75) is 44.0 Å². The monoisotopic (exact) mass is 672 g/mol. The molecule has 2 atom stereocenters. The summed E-state index contributed by atoms with van der Waals surface area (Å²) < 4.78 is 119. The summed E-state index contributed by atoms with van der Waals surface area (Å²) in [6, 6.07) is 4.01. The molecule has 4 nitrogen and oxygen atoms in total. The summed E-state index contributed by atoms with van der Waals surface area (Å²) in [6.45, 7) is 1.02. The van der Waals surface area contributed by atoms with Crippen LogP contribution in [0.2, 0.25) is 10.0 Å². The molecule has 0 saturated heterocycles. The molecule has 0 bridgehead atoms. The van der Waals surface area contributed by atoms with Crippen LogP contribution in [-0.2, 0) is 11.0 Å². The second-order valence-electron chi connectivity index (χ2n) is 8.03. The fraction of sp³-hybridized carbons (Fsp3) is 0.304. The van der Waals surface area contributed by atoms with Crippen LogP contribution in [-0.4, -0.2) is 30.3 Å². The molecule has 39 heavy (non-hydrogen) atoms. The van der Waals surface area contributed by atoms with Gasteiger partial charge in [0, 0.05) is 0 Å². The van der Waals surface area contributed by atoms with E-state index in [1.807, 2.05) is 5.32 Å². The summed E-state index contributed by atoms with van der Waals surface area (Å²) >= 11 is 14.8. The van der Waals surface area contributed by atoms with Crippen molar-refractivity contribution >= 4 is 57.0 Å². The smallest absolute Gasteiger partial charge is 0.336 e. The minimum absolute atomic E-state index is 0.126. The maximum atomic E-state index is 13.7. The molecule has 16 heteroatoms. The number of amides is 2. The molecule has 214 valence electrons. The van der Waals surface area contributed by atoms with Crippen molar-refractivity contribution in [3.05, 3.63) is 73.2 Å². The average Bonchev–Trinajstić information content (AvgIpc) is 2.74. The Balaban J connectivity index is 2.36. The second-order valence-corrected chi connectivity index (χ2v) is 9.64. The minimum atomic E-state index is -5.14. The molecule has 2 aromatic rings. The lowest BCUT2D eigenvalue weighted by atomic mass is 9.96. The largest absolute Gasteiger partial charge is 0.417 e. The molecule has 0 heterocycles. The van der Waals surface area contributed by atoms with Crippen molar-refractivity contribution in [2.75, 3.05) is 0 Å². The van der Waals surface area contributed by atoms with Gasteiger partial charge in [0.2, 0.25) is 5.91 Å². The molecule has 0 radical (unpaired) electrons. The summed E-state index contributed by atoms with van der Waals surface area (Å²) in [6.07, 6.45) is -16.9. The number of hydrogen-bond donors (Lipinski definition) is 2. The number of carbonyl (C=O) groups is 2. The van der Waals surface area contributed by atoms with Gasteiger partial charge in [0.15, 0.2) is 0 Å². The Kier molecular flexibility index (Phi) is 10.4. The maximum absolute atomic E-state index is 13.7. The molecule has 2 aromatic carbocycles. The van der Waals surface area contributed by atoms with Gasteiger partial charge >= 0.3 is 18.5 Å². The van der Waals surface area contributed by atoms with E-state index in [4.69, 9.17) is 23.2 Å². The standard InChI is InChI=1S/C23H16BrCl2F9N2O2/c1-10(36-18(38)9-21(27,28)29)37-20(39)13-4-2-11(6-15(13)23(33,34)35)3-5-14(22(30,31)32)12-7-16(25)19(24)17(26)8-12/h2-8,10,14H,9H2,1H3,(H,36,38)(H,37,39)/b5-3+/t10-,14?/m1/s1. The molecule has 1 unspecified atom stereocenters. The predicted octanol–water partition coefficient (Wildman–Crippen LogP) is 8.28. The van der Waals surface area contributed by atoms with Gasteiger partial charge in [-0.05, 0) is 58.2 Å². The summed E-state index contributed by atoms with van der Waals surface area (Å²) in [5.41, 5.74) is -3.25. The average molecular weight is 674 g/mol. The van der Waals surface area contributed by atoms with Crippen LogP contribution in [0.1, 0.15) is 46.3 Å². The van der Waals surface area contributed by atoms with Gasteiger partial charge in [-0.1, -0.05) is 41.4 Å². The predicted molar refractivity (Wildman–Crippen MR) is 129 cm³/mol. The molecule has 0 aliphatic rings. The van der Waals surface area contributed by atoms with E-state index in [0.717, 1.165) is 31.2 Å². The van der Waals surface area contributed by atoms with E-state index in [2.05, 4.69) is 15.9 Å². The summed E-state index contributed by atoms with van der Waals surface area (Å²) in [5.74, 6) is -5.23. The highest BCUT2D eigenvalue weighted by Gasteiger charge is 2.40. The van der Waals surface area contributed by atoms with E-state index in [1.54, 1.807) is 5.32 Å². The number of halogens is 12. The van der Waals surface area contributed by atoms with Crippen molar-refractivity contribution in [1.82, 2.24) is 10.6 Å². The lowest BCUT2D eigenvalue weighted by Gasteiger charge is -2.19. The molecule has 0 aromatic heterocycles. The van der Waals surface area contributed by atoms with Crippen molar-refractivity contribution in [3.8, 4) is 0 Å². The third kappa shape index (κ3) is 9.60. The number of hydrogen-bond acceptors (Lipinski definition) is 2. The van der Waals surface area contributed by atoms with E-state index < -0.39 is 60.0 Å². The third-order valence-corrected chi connectivity index (χ3v) is 6.79. The highest BCUT2D eigenvalue weighted by Crippen LogP contribution is 2.41. The molecule has 2 N–H and O–H groups in total. The van der Waals surface area contributed by atoms with E-state index in [1.165, 1.54) is 0 Å². The Hall–Kier alpha value is -2.45. The SMILES string of the molecule is C[C@H](NC(=O)CC(F)(F)F)NC(=O)c1ccc(/C=C/C(c2cc(Cl)c(Br)c(Cl)c2)C(F)(F)F)cc1C(F)(F)F. The first kappa shape index (κ1) is 32.8. The fourth-order valence-corrected chi connectivity index (χ4v) is 3.99. The van der Waals surface area contributed by atoms with Gasteiger partial charge in [-0.3, -0.25) is 9.59 Å². The van der Waals surface area contributed by atoms with Gasteiger partial charge in [0.25, 0.3) is 5.91 Å². The molecule has 0 aliphatic carbocycles. The molecule has 0 spiro atoms. The first-order valence-electron chi connectivity index (χ1n) is 10.5. The molecule has 0 saturated carbocycles. The molecular formula is C23H16BrCl2F9N2O2. The van der Waals surface area contributed by atoms with Crippen molar-refractivity contribution in [1.29, 1.82) is 0 Å². The van der Waals surface area contributed by atoms with Gasteiger partial charge in [0.1, 0.15) is 6.42 Å². The second kappa shape index (κ2) is 12.4. The highest BCUT2D eigenvalue weighted by atomic mass is 79.9. The first-order chi connectivity index (χ1) is 17.7. The lowest BCUT2D eigenvalue weighted by molar-refractivity contribution is -0.154. The van der Waals surface area contributed by atoms with Crippen LogP contribution in [0.15, 0.2) is 40.9 Å². The molecule has 0 aliphatic heterocycles. The zero-order valence-corrected chi connectivity index (χ0v) is 22.4. The van der Waals surface area contributed by atoms with Gasteiger partial charge in [-0.15, -0.1) is 0 Å². The maximum Gasteiger partial charge on any atom is 0.417 e. The van der Waals surface area contributed by atoms with Crippen LogP contribution < -0.4 is 10.6 Å². The van der Waals surface area contributed by atoms with E-state index in [9.17, 15) is 49.1 Å². The number of rotatable bonds is 7. The number of nitrogens with one attached hydrogen (secondary N) is 2. The Morgan fingerprint density at radius 1 is 0.949 bits per heavy atom. The van der Waals surface area contributed by atoms with Gasteiger partial charge in [-0.25, -0.2) is 0 Å². The zero-order valence-electron chi connectivity index (χ0n) is 19.3. The minimum Gasteiger partial charge on any atom is -0.336 e.